The zero-order valence-electron chi connectivity index (χ0n) is 33.8. The van der Waals surface area contributed by atoms with Crippen LogP contribution in [0.3, 0.4) is 0 Å². The number of cyclic esters (lactones) is 4. The summed E-state index contributed by atoms with van der Waals surface area (Å²) in [7, 11) is 6.71. The zero-order chi connectivity index (χ0) is 42.6. The fourth-order valence-corrected chi connectivity index (χ4v) is 5.51. The zero-order valence-corrected chi connectivity index (χ0v) is 33.8. The quantitative estimate of drug-likeness (QED) is 0.258. The van der Waals surface area contributed by atoms with Crippen molar-refractivity contribution in [3.63, 3.8) is 0 Å². The van der Waals surface area contributed by atoms with Crippen LogP contribution < -0.4 is 0 Å². The van der Waals surface area contributed by atoms with Crippen LogP contribution in [0.1, 0.15) is 44.5 Å². The third-order valence-corrected chi connectivity index (χ3v) is 9.17. The van der Waals surface area contributed by atoms with Gasteiger partial charge in [0.05, 0.1) is 12.1 Å². The highest BCUT2D eigenvalue weighted by molar-refractivity contribution is 5.91. The second kappa shape index (κ2) is 20.4. The van der Waals surface area contributed by atoms with Crippen molar-refractivity contribution in [2.24, 2.45) is 0 Å². The minimum Gasteiger partial charge on any atom is -0.454 e. The number of carbonyl (C=O) groups excluding carboxylic acids is 8. The highest BCUT2D eigenvalue weighted by Gasteiger charge is 2.33. The number of esters is 4. The van der Waals surface area contributed by atoms with E-state index in [-0.39, 0.29) is 6.42 Å². The van der Waals surface area contributed by atoms with E-state index in [1.165, 1.54) is 42.0 Å². The van der Waals surface area contributed by atoms with E-state index in [0.29, 0.717) is 18.5 Å². The number of methoxy groups -OCH3 is 1. The van der Waals surface area contributed by atoms with Gasteiger partial charge in [-0.3, -0.25) is 38.2 Å². The number of rotatable bonds is 7. The Bertz CT molecular complexity index is 1790. The molecule has 19 heteroatoms. The first-order chi connectivity index (χ1) is 26.7. The van der Waals surface area contributed by atoms with Crippen molar-refractivity contribution < 1.29 is 62.0 Å². The molecule has 3 rings (SSSR count). The summed E-state index contributed by atoms with van der Waals surface area (Å²) in [5.74, 6) is -6.99. The van der Waals surface area contributed by atoms with Gasteiger partial charge in [-0.05, 0) is 44.9 Å². The second-order valence-corrected chi connectivity index (χ2v) is 14.3. The third kappa shape index (κ3) is 13.7. The van der Waals surface area contributed by atoms with Crippen LogP contribution >= 0.6 is 0 Å². The molecule has 1 fully saturated rings. The molecule has 2 heterocycles. The summed E-state index contributed by atoms with van der Waals surface area (Å²) in [5, 5.41) is 4.44. The van der Waals surface area contributed by atoms with Crippen LogP contribution in [-0.2, 0) is 81.4 Å². The van der Waals surface area contributed by atoms with E-state index in [1.807, 2.05) is 36.7 Å². The standard InChI is InChI=1S/C38H52N6O13/c1-24-35(50)41(6)20-33(48)55-23-31(46)43(8)29(16-26-10-12-27(13-11-26)18-44-28(14-15-39-44)17-38(3,4)53-9)37(52)57-25(2)36(51)42(7)19-32(47)54-22-30(45)40(5)21-34(49)56-24/h10-15,24-25,29H,16-23H2,1-9H3. The maximum atomic E-state index is 13.7. The summed E-state index contributed by atoms with van der Waals surface area (Å²) in [5.41, 5.74) is 2.11. The summed E-state index contributed by atoms with van der Waals surface area (Å²) in [6.45, 7) is 3.57. The van der Waals surface area contributed by atoms with Crippen LogP contribution in [-0.4, -0.2) is 169 Å². The Kier molecular flexibility index (Phi) is 16.3. The molecule has 0 saturated carbocycles. The van der Waals surface area contributed by atoms with Gasteiger partial charge in [-0.15, -0.1) is 0 Å². The molecule has 0 aliphatic carbocycles. The summed E-state index contributed by atoms with van der Waals surface area (Å²) in [4.78, 5) is 107. The number of nitrogens with zero attached hydrogens (tertiary/aromatic N) is 6. The highest BCUT2D eigenvalue weighted by atomic mass is 16.6. The molecule has 0 N–H and O–H groups in total. The summed E-state index contributed by atoms with van der Waals surface area (Å²) in [6, 6.07) is 7.86. The van der Waals surface area contributed by atoms with Crippen LogP contribution in [0.4, 0.5) is 0 Å². The number of carbonyl (C=O) groups is 8. The lowest BCUT2D eigenvalue weighted by atomic mass is 10.0. The molecular formula is C38H52N6O13. The molecule has 1 aliphatic heterocycles. The maximum Gasteiger partial charge on any atom is 0.329 e. The van der Waals surface area contributed by atoms with Gasteiger partial charge in [0.2, 0.25) is 0 Å². The van der Waals surface area contributed by atoms with Crippen molar-refractivity contribution >= 4 is 47.5 Å². The lowest BCUT2D eigenvalue weighted by Crippen LogP contribution is -2.49. The molecule has 19 nitrogen and oxygen atoms in total. The minimum absolute atomic E-state index is 0.0657. The van der Waals surface area contributed by atoms with E-state index in [1.54, 1.807) is 25.4 Å². The minimum atomic E-state index is -1.42. The molecule has 0 bridgehead atoms. The number of aromatic nitrogens is 2. The molecule has 3 atom stereocenters. The third-order valence-electron chi connectivity index (χ3n) is 9.17. The van der Waals surface area contributed by atoms with Crippen LogP contribution in [0.2, 0.25) is 0 Å². The number of amides is 4. The molecule has 4 amide bonds. The molecule has 2 aromatic rings. The molecule has 312 valence electrons. The molecule has 1 aromatic carbocycles. The van der Waals surface area contributed by atoms with Gasteiger partial charge in [0.15, 0.2) is 25.4 Å². The van der Waals surface area contributed by atoms with Crippen molar-refractivity contribution in [1.29, 1.82) is 0 Å². The van der Waals surface area contributed by atoms with Crippen LogP contribution in [0.15, 0.2) is 36.5 Å². The Morgan fingerprint density at radius 3 is 1.77 bits per heavy atom. The predicted molar refractivity (Wildman–Crippen MR) is 199 cm³/mol. The SMILES string of the molecule is COC(C)(C)Cc1ccnn1Cc1ccc(CC2C(=O)OC(C)C(=O)N(C)CC(=O)OCC(=O)N(C)CC(=O)OC(C)C(=O)N(C)CC(=O)OCC(=O)N2C)cc1. The largest absolute Gasteiger partial charge is 0.454 e. The predicted octanol–water partition coefficient (Wildman–Crippen LogP) is -0.393. The van der Waals surface area contributed by atoms with Crippen LogP contribution in [0.25, 0.3) is 0 Å². The lowest BCUT2D eigenvalue weighted by Gasteiger charge is -2.29. The van der Waals surface area contributed by atoms with Crippen LogP contribution in [0, 0.1) is 0 Å². The molecule has 3 unspecified atom stereocenters. The van der Waals surface area contributed by atoms with E-state index in [9.17, 15) is 38.4 Å². The Morgan fingerprint density at radius 2 is 1.21 bits per heavy atom. The van der Waals surface area contributed by atoms with E-state index in [0.717, 1.165) is 30.9 Å². The van der Waals surface area contributed by atoms with Crippen molar-refractivity contribution in [2.45, 2.75) is 70.9 Å². The summed E-state index contributed by atoms with van der Waals surface area (Å²) in [6.07, 6.45) is -0.504. The molecule has 0 radical (unpaired) electrons. The monoisotopic (exact) mass is 800 g/mol. The molecular weight excluding hydrogens is 748 g/mol. The van der Waals surface area contributed by atoms with Gasteiger partial charge in [-0.25, -0.2) is 4.79 Å². The van der Waals surface area contributed by atoms with Gasteiger partial charge in [0, 0.05) is 60.0 Å². The average molecular weight is 801 g/mol. The number of benzene rings is 1. The highest BCUT2D eigenvalue weighted by Crippen LogP contribution is 2.18. The van der Waals surface area contributed by atoms with Crippen molar-refractivity contribution in [2.75, 3.05) is 68.1 Å². The molecule has 1 aromatic heterocycles. The molecule has 57 heavy (non-hydrogen) atoms. The second-order valence-electron chi connectivity index (χ2n) is 14.3. The Hall–Kier alpha value is -5.85. The first kappa shape index (κ1) is 45.5. The smallest absolute Gasteiger partial charge is 0.329 e. The van der Waals surface area contributed by atoms with E-state index < -0.39 is 104 Å². The van der Waals surface area contributed by atoms with Gasteiger partial charge in [0.25, 0.3) is 23.6 Å². The summed E-state index contributed by atoms with van der Waals surface area (Å²) < 4.78 is 28.1. The van der Waals surface area contributed by atoms with Gasteiger partial charge in [-0.1, -0.05) is 24.3 Å². The first-order valence-electron chi connectivity index (χ1n) is 18.1. The molecule has 1 saturated heterocycles. The Labute approximate surface area is 331 Å². The van der Waals surface area contributed by atoms with Gasteiger partial charge >= 0.3 is 23.9 Å². The van der Waals surface area contributed by atoms with E-state index in [4.69, 9.17) is 23.7 Å². The molecule has 1 aliphatic rings. The van der Waals surface area contributed by atoms with Crippen LogP contribution in [0.5, 0.6) is 0 Å². The Morgan fingerprint density at radius 1 is 0.702 bits per heavy atom. The number of likely N-dealkylation sites (N-methyl/N-ethyl adjacent to an activating group) is 4. The molecule has 0 spiro atoms. The number of hydrogen-bond donors (Lipinski definition) is 0. The van der Waals surface area contributed by atoms with Crippen molar-refractivity contribution in [3.8, 4) is 0 Å². The summed E-state index contributed by atoms with van der Waals surface area (Å²) >= 11 is 0. The van der Waals surface area contributed by atoms with E-state index >= 15 is 0 Å². The topological polar surface area (TPSA) is 213 Å². The van der Waals surface area contributed by atoms with Gasteiger partial charge in [0.1, 0.15) is 25.7 Å². The first-order valence-corrected chi connectivity index (χ1v) is 18.1. The number of hydrogen-bond acceptors (Lipinski definition) is 14. The maximum absolute atomic E-state index is 13.7. The van der Waals surface area contributed by atoms with Crippen molar-refractivity contribution in [1.82, 2.24) is 29.4 Å². The average Bonchev–Trinajstić information content (AvgIpc) is 3.58. The Balaban J connectivity index is 1.83. The fourth-order valence-electron chi connectivity index (χ4n) is 5.51. The number of ether oxygens (including phenoxy) is 5. The van der Waals surface area contributed by atoms with Gasteiger partial charge < -0.3 is 43.3 Å². The van der Waals surface area contributed by atoms with Gasteiger partial charge in [-0.2, -0.15) is 5.10 Å². The fraction of sp³-hybridized carbons (Fsp3) is 0.553. The normalized spacial score (nSPS) is 21.2. The van der Waals surface area contributed by atoms with E-state index in [2.05, 4.69) is 5.10 Å². The lowest BCUT2D eigenvalue weighted by molar-refractivity contribution is -0.167. The van der Waals surface area contributed by atoms with Crippen molar-refractivity contribution in [3.05, 3.63) is 53.3 Å².